The van der Waals surface area contributed by atoms with E-state index in [0.29, 0.717) is 17.5 Å². The molecule has 6 heteroatoms. The van der Waals surface area contributed by atoms with Gasteiger partial charge in [0.2, 0.25) is 0 Å². The zero-order valence-electron chi connectivity index (χ0n) is 37.0. The minimum atomic E-state index is 0.577. The summed E-state index contributed by atoms with van der Waals surface area (Å²) < 4.78 is 15.7. The molecule has 0 aliphatic heterocycles. The zero-order chi connectivity index (χ0) is 45.4. The van der Waals surface area contributed by atoms with E-state index in [9.17, 15) is 0 Å². The Hall–Kier alpha value is -9.39. The highest BCUT2D eigenvalue weighted by atomic mass is 16.3. The van der Waals surface area contributed by atoms with E-state index >= 15 is 0 Å². The molecule has 0 N–H and O–H groups in total. The van der Waals surface area contributed by atoms with E-state index in [1.807, 2.05) is 42.5 Å². The van der Waals surface area contributed by atoms with Crippen LogP contribution in [0.5, 0.6) is 0 Å². The fourth-order valence-electron chi connectivity index (χ4n) is 10.1. The summed E-state index contributed by atoms with van der Waals surface area (Å²) in [6.07, 6.45) is 0. The number of furan rings is 2. The molecule has 0 bridgehead atoms. The molecule has 0 atom stereocenters. The number of fused-ring (bicyclic) bond motifs is 9. The molecule has 4 aromatic heterocycles. The summed E-state index contributed by atoms with van der Waals surface area (Å²) in [6, 6.07) is 80.4. The van der Waals surface area contributed by atoms with Crippen molar-refractivity contribution in [3.63, 3.8) is 0 Å². The van der Waals surface area contributed by atoms with Gasteiger partial charge in [-0.15, -0.1) is 0 Å². The summed E-state index contributed by atoms with van der Waals surface area (Å²) in [5, 5.41) is 6.61. The molecule has 0 fully saturated rings. The van der Waals surface area contributed by atoms with Gasteiger partial charge in [-0.3, -0.25) is 0 Å². The molecular weight excluding hydrogens is 845 g/mol. The molecule has 0 aliphatic rings. The number of nitrogens with zero attached hydrogens (tertiary/aromatic N) is 4. The number of para-hydroxylation sites is 2. The quantitative estimate of drug-likeness (QED) is 0.159. The molecule has 0 radical (unpaired) electrons. The number of hydrogen-bond acceptors (Lipinski definition) is 5. The van der Waals surface area contributed by atoms with Gasteiger partial charge in [0.25, 0.3) is 0 Å². The van der Waals surface area contributed by atoms with Crippen LogP contribution >= 0.6 is 0 Å². The Balaban J connectivity index is 0.832. The Morgan fingerprint density at radius 1 is 0.261 bits per heavy atom. The topological polar surface area (TPSA) is 69.9 Å². The second-order valence-electron chi connectivity index (χ2n) is 17.6. The van der Waals surface area contributed by atoms with Crippen LogP contribution in [0.25, 0.3) is 139 Å². The molecule has 4 heterocycles. The van der Waals surface area contributed by atoms with Gasteiger partial charge in [-0.2, -0.15) is 0 Å². The van der Waals surface area contributed by atoms with Gasteiger partial charge >= 0.3 is 0 Å². The largest absolute Gasteiger partial charge is 0.456 e. The molecule has 0 spiro atoms. The van der Waals surface area contributed by atoms with Gasteiger partial charge in [0, 0.05) is 49.0 Å². The van der Waals surface area contributed by atoms with Crippen LogP contribution in [-0.2, 0) is 0 Å². The van der Waals surface area contributed by atoms with Crippen LogP contribution in [0, 0.1) is 0 Å². The van der Waals surface area contributed by atoms with E-state index in [4.69, 9.17) is 23.8 Å². The first-order valence-corrected chi connectivity index (χ1v) is 23.2. The van der Waals surface area contributed by atoms with Crippen molar-refractivity contribution in [3.8, 4) is 73.2 Å². The normalized spacial score (nSPS) is 11.8. The fourth-order valence-corrected chi connectivity index (χ4v) is 10.1. The maximum absolute atomic E-state index is 6.79. The second kappa shape index (κ2) is 15.6. The fraction of sp³-hybridized carbons (Fsp3) is 0. The summed E-state index contributed by atoms with van der Waals surface area (Å²) in [4.78, 5) is 15.0. The average molecular weight is 883 g/mol. The molecule has 14 aromatic rings. The third kappa shape index (κ3) is 6.53. The second-order valence-corrected chi connectivity index (χ2v) is 17.6. The molecule has 0 unspecified atom stereocenters. The SMILES string of the molecule is c1ccc(-c2ccc(-c3nc(-c4ccccc4)nc(-c4ccc5c(c4)oc4ccc(-c6ccc7oc8c(-n9c%10ccccc%10c%10cc(-c%11ccccc%11)ccc%109)cccc8c7c6)cc45)n3)cc2)cc1. The van der Waals surface area contributed by atoms with E-state index < -0.39 is 0 Å². The van der Waals surface area contributed by atoms with Crippen LogP contribution in [0.4, 0.5) is 0 Å². The maximum atomic E-state index is 6.79. The number of benzene rings is 10. The molecule has 0 saturated heterocycles. The lowest BCUT2D eigenvalue weighted by molar-refractivity contribution is 0.666. The third-order valence-electron chi connectivity index (χ3n) is 13.5. The summed E-state index contributed by atoms with van der Waals surface area (Å²) in [7, 11) is 0. The van der Waals surface area contributed by atoms with Crippen LogP contribution < -0.4 is 0 Å². The van der Waals surface area contributed by atoms with E-state index in [1.54, 1.807) is 0 Å². The van der Waals surface area contributed by atoms with Crippen molar-refractivity contribution in [1.82, 2.24) is 19.5 Å². The molecular formula is C63H38N4O2. The van der Waals surface area contributed by atoms with Crippen LogP contribution in [0.15, 0.2) is 239 Å². The standard InChI is InChI=1S/C63H38N4O2/c1-4-13-39(14-5-1)41-23-25-43(26-24-41)62-64-61(42-17-8-3-9-18-42)65-63(66-62)47-27-31-49-52-36-45(29-33-57(52)68-59(49)38-47)46-30-34-58-53(37-46)50-20-12-22-56(60(50)69-58)67-54-21-11-10-19-48(54)51-35-44(28-32-55(51)67)40-15-6-2-7-16-40/h1-38H. The number of hydrogen-bond donors (Lipinski definition) is 0. The Morgan fingerprint density at radius 3 is 1.43 bits per heavy atom. The summed E-state index contributed by atoms with van der Waals surface area (Å²) in [5.41, 5.74) is 16.1. The van der Waals surface area contributed by atoms with E-state index in [2.05, 4.69) is 193 Å². The number of rotatable bonds is 7. The van der Waals surface area contributed by atoms with E-state index in [-0.39, 0.29) is 0 Å². The van der Waals surface area contributed by atoms with Gasteiger partial charge in [0.05, 0.1) is 16.7 Å². The van der Waals surface area contributed by atoms with Gasteiger partial charge in [0.1, 0.15) is 16.7 Å². The first-order chi connectivity index (χ1) is 34.2. The van der Waals surface area contributed by atoms with E-state index in [1.165, 1.54) is 21.9 Å². The molecule has 69 heavy (non-hydrogen) atoms. The predicted molar refractivity (Wildman–Crippen MR) is 281 cm³/mol. The van der Waals surface area contributed by atoms with Gasteiger partial charge in [-0.05, 0) is 94.0 Å². The maximum Gasteiger partial charge on any atom is 0.164 e. The Kier molecular flexibility index (Phi) is 8.79. The lowest BCUT2D eigenvalue weighted by Crippen LogP contribution is -2.00. The smallest absolute Gasteiger partial charge is 0.164 e. The van der Waals surface area contributed by atoms with Crippen molar-refractivity contribution in [2.45, 2.75) is 0 Å². The monoisotopic (exact) mass is 882 g/mol. The number of aromatic nitrogens is 4. The highest BCUT2D eigenvalue weighted by Crippen LogP contribution is 2.41. The predicted octanol–water partition coefficient (Wildman–Crippen LogP) is 16.8. The zero-order valence-corrected chi connectivity index (χ0v) is 37.0. The van der Waals surface area contributed by atoms with Crippen LogP contribution in [0.3, 0.4) is 0 Å². The minimum absolute atomic E-state index is 0.577. The van der Waals surface area contributed by atoms with Crippen molar-refractivity contribution in [1.29, 1.82) is 0 Å². The lowest BCUT2D eigenvalue weighted by atomic mass is 10.0. The molecule has 0 amide bonds. The van der Waals surface area contributed by atoms with Gasteiger partial charge in [0.15, 0.2) is 23.1 Å². The average Bonchev–Trinajstić information content (AvgIpc) is 4.10. The first-order valence-electron chi connectivity index (χ1n) is 23.2. The highest BCUT2D eigenvalue weighted by Gasteiger charge is 2.20. The van der Waals surface area contributed by atoms with Crippen LogP contribution in [-0.4, -0.2) is 19.5 Å². The first kappa shape index (κ1) is 38.8. The van der Waals surface area contributed by atoms with Crippen molar-refractivity contribution in [2.24, 2.45) is 0 Å². The molecule has 0 saturated carbocycles. The van der Waals surface area contributed by atoms with Crippen molar-refractivity contribution in [2.75, 3.05) is 0 Å². The van der Waals surface area contributed by atoms with Gasteiger partial charge in [-0.25, -0.2) is 15.0 Å². The van der Waals surface area contributed by atoms with Gasteiger partial charge < -0.3 is 13.4 Å². The van der Waals surface area contributed by atoms with Crippen LogP contribution in [0.2, 0.25) is 0 Å². The summed E-state index contributed by atoms with van der Waals surface area (Å²) >= 11 is 0. The van der Waals surface area contributed by atoms with Gasteiger partial charge in [-0.1, -0.05) is 170 Å². The van der Waals surface area contributed by atoms with E-state index in [0.717, 1.165) is 99.5 Å². The molecule has 10 aromatic carbocycles. The molecule has 322 valence electrons. The minimum Gasteiger partial charge on any atom is -0.456 e. The molecule has 14 rings (SSSR count). The third-order valence-corrected chi connectivity index (χ3v) is 13.5. The molecule has 0 aliphatic carbocycles. The Labute approximate surface area is 396 Å². The summed E-state index contributed by atoms with van der Waals surface area (Å²) in [6.45, 7) is 0. The van der Waals surface area contributed by atoms with Crippen molar-refractivity contribution in [3.05, 3.63) is 231 Å². The lowest BCUT2D eigenvalue weighted by Gasteiger charge is -2.09. The van der Waals surface area contributed by atoms with Crippen molar-refractivity contribution < 1.29 is 8.83 Å². The van der Waals surface area contributed by atoms with Crippen molar-refractivity contribution >= 4 is 65.7 Å². The highest BCUT2D eigenvalue weighted by molar-refractivity contribution is 6.14. The summed E-state index contributed by atoms with van der Waals surface area (Å²) in [5.74, 6) is 1.80. The Morgan fingerprint density at radius 2 is 0.725 bits per heavy atom. The molecule has 6 nitrogen and oxygen atoms in total. The van der Waals surface area contributed by atoms with Crippen LogP contribution in [0.1, 0.15) is 0 Å². The Bertz CT molecular complexity index is 4290.